The van der Waals surface area contributed by atoms with Gasteiger partial charge in [-0.15, -0.1) is 0 Å². The number of aromatic nitrogens is 1. The minimum Gasteiger partial charge on any atom is -0.383 e. The first-order valence-electron chi connectivity index (χ1n) is 5.06. The summed E-state index contributed by atoms with van der Waals surface area (Å²) < 4.78 is 5.14. The van der Waals surface area contributed by atoms with Crippen LogP contribution >= 0.6 is 11.6 Å². The van der Waals surface area contributed by atoms with Crippen molar-refractivity contribution in [3.05, 3.63) is 23.4 Å². The summed E-state index contributed by atoms with van der Waals surface area (Å²) in [7, 11) is 1.71. The van der Waals surface area contributed by atoms with Crippen LogP contribution in [-0.4, -0.2) is 31.3 Å². The molecule has 0 amide bonds. The van der Waals surface area contributed by atoms with E-state index in [-0.39, 0.29) is 0 Å². The third kappa shape index (κ3) is 3.36. The molecule has 4 heteroatoms. The molecule has 1 rings (SSSR count). The molecule has 1 heterocycles. The fourth-order valence-corrected chi connectivity index (χ4v) is 1.68. The molecule has 0 spiro atoms. The number of methoxy groups -OCH3 is 1. The number of hydrogen-bond acceptors (Lipinski definition) is 3. The van der Waals surface area contributed by atoms with Gasteiger partial charge >= 0.3 is 0 Å². The molecule has 0 bridgehead atoms. The number of hydrogen-bond donors (Lipinski definition) is 0. The summed E-state index contributed by atoms with van der Waals surface area (Å²) in [5.74, 6) is 0.937. The van der Waals surface area contributed by atoms with Crippen LogP contribution in [0.15, 0.2) is 18.3 Å². The van der Waals surface area contributed by atoms with E-state index in [1.807, 2.05) is 12.1 Å². The molecule has 0 aliphatic heterocycles. The average Bonchev–Trinajstić information content (AvgIpc) is 2.22. The highest BCUT2D eigenvalue weighted by molar-refractivity contribution is 6.30. The highest BCUT2D eigenvalue weighted by Crippen LogP contribution is 2.16. The Labute approximate surface area is 96.0 Å². The lowest BCUT2D eigenvalue weighted by atomic mass is 10.3. The van der Waals surface area contributed by atoms with E-state index >= 15 is 0 Å². The Balaban J connectivity index is 2.77. The van der Waals surface area contributed by atoms with Crippen LogP contribution in [0.25, 0.3) is 0 Å². The van der Waals surface area contributed by atoms with Gasteiger partial charge in [-0.25, -0.2) is 4.98 Å². The molecule has 1 unspecified atom stereocenters. The number of ether oxygens (including phenoxy) is 1. The van der Waals surface area contributed by atoms with E-state index in [4.69, 9.17) is 16.3 Å². The third-order valence-electron chi connectivity index (χ3n) is 2.29. The summed E-state index contributed by atoms with van der Waals surface area (Å²) >= 11 is 5.79. The predicted octanol–water partition coefficient (Wildman–Crippen LogP) is 2.60. The summed E-state index contributed by atoms with van der Waals surface area (Å²) in [6.07, 6.45) is 1.67. The van der Waals surface area contributed by atoms with E-state index in [9.17, 15) is 0 Å². The predicted molar refractivity (Wildman–Crippen MR) is 63.6 cm³/mol. The Morgan fingerprint density at radius 2 is 2.27 bits per heavy atom. The molecule has 0 saturated heterocycles. The second-order valence-corrected chi connectivity index (χ2v) is 3.86. The first-order chi connectivity index (χ1) is 7.19. The molecule has 0 radical (unpaired) electrons. The Hall–Kier alpha value is -0.800. The Morgan fingerprint density at radius 1 is 1.53 bits per heavy atom. The van der Waals surface area contributed by atoms with Crippen molar-refractivity contribution in [2.45, 2.75) is 19.9 Å². The molecule has 84 valence electrons. The van der Waals surface area contributed by atoms with Crippen LogP contribution in [-0.2, 0) is 4.74 Å². The van der Waals surface area contributed by atoms with E-state index < -0.39 is 0 Å². The van der Waals surface area contributed by atoms with E-state index in [1.165, 1.54) is 0 Å². The molecule has 0 N–H and O–H groups in total. The zero-order valence-corrected chi connectivity index (χ0v) is 10.2. The van der Waals surface area contributed by atoms with Gasteiger partial charge in [-0.05, 0) is 26.0 Å². The van der Waals surface area contributed by atoms with Gasteiger partial charge in [0.15, 0.2) is 0 Å². The molecule has 0 aliphatic carbocycles. The van der Waals surface area contributed by atoms with E-state index in [0.29, 0.717) is 17.7 Å². The lowest BCUT2D eigenvalue weighted by molar-refractivity contribution is 0.181. The minimum absolute atomic E-state index is 0.314. The van der Waals surface area contributed by atoms with Crippen molar-refractivity contribution >= 4 is 17.4 Å². The fourth-order valence-electron chi connectivity index (χ4n) is 1.57. The van der Waals surface area contributed by atoms with Crippen LogP contribution in [0.1, 0.15) is 13.8 Å². The maximum atomic E-state index is 5.79. The van der Waals surface area contributed by atoms with Crippen LogP contribution in [0.3, 0.4) is 0 Å². The first kappa shape index (κ1) is 12.3. The number of pyridine rings is 1. The monoisotopic (exact) mass is 228 g/mol. The molecule has 0 fully saturated rings. The van der Waals surface area contributed by atoms with Gasteiger partial charge in [0.05, 0.1) is 17.7 Å². The van der Waals surface area contributed by atoms with Gasteiger partial charge in [-0.1, -0.05) is 11.6 Å². The van der Waals surface area contributed by atoms with Crippen molar-refractivity contribution in [2.75, 3.05) is 25.2 Å². The standard InChI is InChI=1S/C11H17ClN2O/c1-4-14(9(2)8-15-3)11-6-5-10(12)7-13-11/h5-7,9H,4,8H2,1-3H3. The van der Waals surface area contributed by atoms with E-state index in [1.54, 1.807) is 13.3 Å². The quantitative estimate of drug-likeness (QED) is 0.775. The molecule has 1 atom stereocenters. The maximum Gasteiger partial charge on any atom is 0.128 e. The lowest BCUT2D eigenvalue weighted by Crippen LogP contribution is -2.36. The average molecular weight is 229 g/mol. The van der Waals surface area contributed by atoms with Crippen molar-refractivity contribution in [1.82, 2.24) is 4.98 Å². The smallest absolute Gasteiger partial charge is 0.128 e. The second-order valence-electron chi connectivity index (χ2n) is 3.42. The highest BCUT2D eigenvalue weighted by atomic mass is 35.5. The summed E-state index contributed by atoms with van der Waals surface area (Å²) in [6, 6.07) is 4.10. The van der Waals surface area contributed by atoms with Crippen molar-refractivity contribution in [1.29, 1.82) is 0 Å². The topological polar surface area (TPSA) is 25.4 Å². The first-order valence-corrected chi connectivity index (χ1v) is 5.44. The van der Waals surface area contributed by atoms with Crippen LogP contribution in [0.4, 0.5) is 5.82 Å². The van der Waals surface area contributed by atoms with Gasteiger partial charge in [0.1, 0.15) is 5.82 Å². The summed E-state index contributed by atoms with van der Waals surface area (Å²) in [6.45, 7) is 5.81. The van der Waals surface area contributed by atoms with Crippen molar-refractivity contribution in [2.24, 2.45) is 0 Å². The number of anilines is 1. The van der Waals surface area contributed by atoms with Gasteiger partial charge < -0.3 is 9.64 Å². The van der Waals surface area contributed by atoms with Crippen molar-refractivity contribution in [3.8, 4) is 0 Å². The van der Waals surface area contributed by atoms with Gasteiger partial charge in [-0.3, -0.25) is 0 Å². The van der Waals surface area contributed by atoms with Crippen LogP contribution in [0, 0.1) is 0 Å². The fraction of sp³-hybridized carbons (Fsp3) is 0.545. The van der Waals surface area contributed by atoms with Crippen molar-refractivity contribution in [3.63, 3.8) is 0 Å². The molecule has 1 aromatic rings. The normalized spacial score (nSPS) is 12.5. The summed E-state index contributed by atoms with van der Waals surface area (Å²) in [5.41, 5.74) is 0. The van der Waals surface area contributed by atoms with Gasteiger partial charge in [0, 0.05) is 19.9 Å². The molecular weight excluding hydrogens is 212 g/mol. The molecular formula is C11H17ClN2O. The maximum absolute atomic E-state index is 5.79. The van der Waals surface area contributed by atoms with Crippen LogP contribution in [0.2, 0.25) is 5.02 Å². The largest absolute Gasteiger partial charge is 0.383 e. The summed E-state index contributed by atoms with van der Waals surface area (Å²) in [5, 5.41) is 0.661. The number of likely N-dealkylation sites (N-methyl/N-ethyl adjacent to an activating group) is 1. The molecule has 15 heavy (non-hydrogen) atoms. The minimum atomic E-state index is 0.314. The number of nitrogens with zero attached hydrogens (tertiary/aromatic N) is 2. The Bertz CT molecular complexity index is 289. The number of halogens is 1. The summed E-state index contributed by atoms with van der Waals surface area (Å²) in [4.78, 5) is 6.47. The zero-order chi connectivity index (χ0) is 11.3. The molecule has 3 nitrogen and oxygen atoms in total. The van der Waals surface area contributed by atoms with Crippen molar-refractivity contribution < 1.29 is 4.74 Å². The zero-order valence-electron chi connectivity index (χ0n) is 9.40. The number of rotatable bonds is 5. The van der Waals surface area contributed by atoms with Gasteiger partial charge in [0.2, 0.25) is 0 Å². The SMILES string of the molecule is CCN(c1ccc(Cl)cn1)C(C)COC. The third-order valence-corrected chi connectivity index (χ3v) is 2.51. The second kappa shape index (κ2) is 5.93. The molecule has 0 aliphatic rings. The van der Waals surface area contributed by atoms with E-state index in [0.717, 1.165) is 12.4 Å². The highest BCUT2D eigenvalue weighted by Gasteiger charge is 2.13. The molecule has 0 aromatic carbocycles. The molecule has 1 aromatic heterocycles. The Morgan fingerprint density at radius 3 is 2.73 bits per heavy atom. The lowest BCUT2D eigenvalue weighted by Gasteiger charge is -2.28. The Kier molecular flexibility index (Phi) is 4.85. The molecule has 0 saturated carbocycles. The van der Waals surface area contributed by atoms with Gasteiger partial charge in [0.25, 0.3) is 0 Å². The van der Waals surface area contributed by atoms with Crippen LogP contribution < -0.4 is 4.90 Å². The van der Waals surface area contributed by atoms with Crippen LogP contribution in [0.5, 0.6) is 0 Å². The van der Waals surface area contributed by atoms with E-state index in [2.05, 4.69) is 23.7 Å². The van der Waals surface area contributed by atoms with Gasteiger partial charge in [-0.2, -0.15) is 0 Å².